The molecule has 108 valence electrons. The van der Waals surface area contributed by atoms with E-state index >= 15 is 0 Å². The fraction of sp³-hybridized carbons (Fsp3) is 0.600. The Balaban J connectivity index is 2.69. The molecule has 2 N–H and O–H groups in total. The van der Waals surface area contributed by atoms with Crippen molar-refractivity contribution in [3.63, 3.8) is 0 Å². The van der Waals surface area contributed by atoms with Gasteiger partial charge in [0.15, 0.2) is 0 Å². The Morgan fingerprint density at radius 1 is 1.16 bits per heavy atom. The minimum absolute atomic E-state index is 0.257. The van der Waals surface area contributed by atoms with Crippen molar-refractivity contribution in [3.05, 3.63) is 29.6 Å². The van der Waals surface area contributed by atoms with Gasteiger partial charge in [-0.1, -0.05) is 13.8 Å². The van der Waals surface area contributed by atoms with Crippen molar-refractivity contribution in [2.24, 2.45) is 5.92 Å². The topological polar surface area (TPSA) is 32.5 Å². The van der Waals surface area contributed by atoms with Crippen LogP contribution in [0.15, 0.2) is 18.2 Å². The first-order valence-electron chi connectivity index (χ1n) is 6.79. The third-order valence-electron chi connectivity index (χ3n) is 2.87. The van der Waals surface area contributed by atoms with E-state index in [1.165, 1.54) is 6.07 Å². The van der Waals surface area contributed by atoms with Crippen LogP contribution in [0.4, 0.5) is 10.1 Å². The molecule has 0 heterocycles. The first-order chi connectivity index (χ1) is 8.86. The van der Waals surface area contributed by atoms with Gasteiger partial charge in [0, 0.05) is 31.9 Å². The van der Waals surface area contributed by atoms with Gasteiger partial charge in [-0.2, -0.15) is 0 Å². The van der Waals surface area contributed by atoms with Crippen molar-refractivity contribution < 1.29 is 4.39 Å². The molecule has 0 saturated carbocycles. The Hall–Kier alpha value is -1.13. The Bertz CT molecular complexity index is 371. The lowest BCUT2D eigenvalue weighted by molar-refractivity contribution is 0.211. The van der Waals surface area contributed by atoms with Gasteiger partial charge in [0.25, 0.3) is 0 Å². The molecule has 19 heavy (non-hydrogen) atoms. The smallest absolute Gasteiger partial charge is 0.125 e. The van der Waals surface area contributed by atoms with Crippen molar-refractivity contribution >= 4 is 5.69 Å². The molecule has 1 rings (SSSR count). The Morgan fingerprint density at radius 2 is 1.84 bits per heavy atom. The molecular formula is C15H26FN3. The fourth-order valence-corrected chi connectivity index (χ4v) is 2.12. The number of rotatable bonds is 7. The SMILES string of the molecule is CC(C)CN(CCN(C)C)Cc1cc(N)cc(F)c1. The van der Waals surface area contributed by atoms with E-state index in [2.05, 4.69) is 37.7 Å². The third-order valence-corrected chi connectivity index (χ3v) is 2.87. The highest BCUT2D eigenvalue weighted by molar-refractivity contribution is 5.41. The number of hydrogen-bond acceptors (Lipinski definition) is 3. The summed E-state index contributed by atoms with van der Waals surface area (Å²) in [6.45, 7) is 8.11. The quantitative estimate of drug-likeness (QED) is 0.770. The molecule has 0 aromatic heterocycles. The standard InChI is InChI=1S/C15H26FN3/c1-12(2)10-19(6-5-18(3)4)11-13-7-14(16)9-15(17)8-13/h7-9,12H,5-6,10-11,17H2,1-4H3. The molecule has 0 atom stereocenters. The van der Waals surface area contributed by atoms with Crippen LogP contribution in [-0.4, -0.2) is 43.5 Å². The number of hydrogen-bond donors (Lipinski definition) is 1. The number of nitrogens with two attached hydrogens (primary N) is 1. The summed E-state index contributed by atoms with van der Waals surface area (Å²) in [5, 5.41) is 0. The zero-order chi connectivity index (χ0) is 14.4. The number of nitrogen functional groups attached to an aromatic ring is 1. The van der Waals surface area contributed by atoms with E-state index in [0.29, 0.717) is 11.6 Å². The van der Waals surface area contributed by atoms with Crippen molar-refractivity contribution in [2.45, 2.75) is 20.4 Å². The summed E-state index contributed by atoms with van der Waals surface area (Å²) in [6.07, 6.45) is 0. The van der Waals surface area contributed by atoms with Gasteiger partial charge in [0.05, 0.1) is 0 Å². The molecule has 0 aliphatic rings. The highest BCUT2D eigenvalue weighted by Crippen LogP contribution is 2.14. The number of benzene rings is 1. The van der Waals surface area contributed by atoms with E-state index < -0.39 is 0 Å². The number of nitrogens with zero attached hydrogens (tertiary/aromatic N) is 2. The summed E-state index contributed by atoms with van der Waals surface area (Å²) in [4.78, 5) is 4.51. The van der Waals surface area contributed by atoms with Crippen molar-refractivity contribution in [3.8, 4) is 0 Å². The zero-order valence-corrected chi connectivity index (χ0v) is 12.5. The third kappa shape index (κ3) is 6.55. The van der Waals surface area contributed by atoms with Gasteiger partial charge in [-0.25, -0.2) is 4.39 Å². The predicted octanol–water partition coefficient (Wildman–Crippen LogP) is 2.43. The molecule has 0 fully saturated rings. The van der Waals surface area contributed by atoms with E-state index in [-0.39, 0.29) is 5.82 Å². The zero-order valence-electron chi connectivity index (χ0n) is 12.5. The molecule has 0 unspecified atom stereocenters. The maximum absolute atomic E-state index is 13.3. The highest BCUT2D eigenvalue weighted by Gasteiger charge is 2.10. The molecular weight excluding hydrogens is 241 g/mol. The van der Waals surface area contributed by atoms with Crippen LogP contribution in [0.3, 0.4) is 0 Å². The van der Waals surface area contributed by atoms with E-state index in [0.717, 1.165) is 31.7 Å². The predicted molar refractivity (Wildman–Crippen MR) is 79.5 cm³/mol. The molecule has 1 aromatic carbocycles. The van der Waals surface area contributed by atoms with Gasteiger partial charge in [-0.15, -0.1) is 0 Å². The summed E-state index contributed by atoms with van der Waals surface area (Å²) < 4.78 is 13.3. The minimum atomic E-state index is -0.257. The van der Waals surface area contributed by atoms with Crippen LogP contribution < -0.4 is 5.73 Å². The average molecular weight is 267 g/mol. The van der Waals surface area contributed by atoms with Crippen LogP contribution in [0.1, 0.15) is 19.4 Å². The summed E-state index contributed by atoms with van der Waals surface area (Å²) in [5.41, 5.74) is 7.13. The Labute approximate surface area is 116 Å². The van der Waals surface area contributed by atoms with E-state index in [4.69, 9.17) is 5.73 Å². The molecule has 0 aliphatic heterocycles. The number of halogens is 1. The highest BCUT2D eigenvalue weighted by atomic mass is 19.1. The molecule has 0 bridgehead atoms. The van der Waals surface area contributed by atoms with Gasteiger partial charge in [0.1, 0.15) is 5.82 Å². The molecule has 0 saturated heterocycles. The monoisotopic (exact) mass is 267 g/mol. The van der Waals surface area contributed by atoms with Crippen molar-refractivity contribution in [1.82, 2.24) is 9.80 Å². The summed E-state index contributed by atoms with van der Waals surface area (Å²) in [5.74, 6) is 0.333. The summed E-state index contributed by atoms with van der Waals surface area (Å²) >= 11 is 0. The van der Waals surface area contributed by atoms with Crippen molar-refractivity contribution in [2.75, 3.05) is 39.5 Å². The molecule has 0 aliphatic carbocycles. The molecule has 4 heteroatoms. The first kappa shape index (κ1) is 15.9. The first-order valence-corrected chi connectivity index (χ1v) is 6.79. The molecule has 1 aromatic rings. The average Bonchev–Trinajstić information content (AvgIpc) is 2.23. The second kappa shape index (κ2) is 7.46. The van der Waals surface area contributed by atoms with Crippen LogP contribution in [-0.2, 0) is 6.54 Å². The van der Waals surface area contributed by atoms with Gasteiger partial charge in [0.2, 0.25) is 0 Å². The lowest BCUT2D eigenvalue weighted by Gasteiger charge is -2.26. The summed E-state index contributed by atoms with van der Waals surface area (Å²) in [7, 11) is 4.13. The summed E-state index contributed by atoms with van der Waals surface area (Å²) in [6, 6.07) is 4.78. The van der Waals surface area contributed by atoms with Crippen LogP contribution in [0, 0.1) is 11.7 Å². The molecule has 0 amide bonds. The molecule has 3 nitrogen and oxygen atoms in total. The van der Waals surface area contributed by atoms with Crippen LogP contribution in [0.5, 0.6) is 0 Å². The van der Waals surface area contributed by atoms with E-state index in [1.54, 1.807) is 6.07 Å². The van der Waals surface area contributed by atoms with E-state index in [9.17, 15) is 4.39 Å². The maximum Gasteiger partial charge on any atom is 0.125 e. The minimum Gasteiger partial charge on any atom is -0.399 e. The normalized spacial score (nSPS) is 11.8. The molecule has 0 radical (unpaired) electrons. The fourth-order valence-electron chi connectivity index (χ4n) is 2.12. The Kier molecular flexibility index (Phi) is 6.25. The number of likely N-dealkylation sites (N-methyl/N-ethyl adjacent to an activating group) is 1. The van der Waals surface area contributed by atoms with Gasteiger partial charge >= 0.3 is 0 Å². The largest absolute Gasteiger partial charge is 0.399 e. The lowest BCUT2D eigenvalue weighted by Crippen LogP contribution is -2.34. The van der Waals surface area contributed by atoms with Crippen LogP contribution >= 0.6 is 0 Å². The van der Waals surface area contributed by atoms with Crippen LogP contribution in [0.2, 0.25) is 0 Å². The maximum atomic E-state index is 13.3. The van der Waals surface area contributed by atoms with Crippen LogP contribution in [0.25, 0.3) is 0 Å². The van der Waals surface area contributed by atoms with Crippen molar-refractivity contribution in [1.29, 1.82) is 0 Å². The molecule has 0 spiro atoms. The van der Waals surface area contributed by atoms with Gasteiger partial charge < -0.3 is 10.6 Å². The second-order valence-corrected chi connectivity index (χ2v) is 5.83. The number of anilines is 1. The second-order valence-electron chi connectivity index (χ2n) is 5.83. The van der Waals surface area contributed by atoms with Gasteiger partial charge in [-0.3, -0.25) is 4.90 Å². The van der Waals surface area contributed by atoms with Gasteiger partial charge in [-0.05, 0) is 43.8 Å². The van der Waals surface area contributed by atoms with E-state index in [1.807, 2.05) is 6.07 Å². The Morgan fingerprint density at radius 3 is 2.37 bits per heavy atom. The lowest BCUT2D eigenvalue weighted by atomic mass is 10.1.